The number of aryl methyl sites for hydroxylation is 1. The molecule has 0 saturated heterocycles. The Balaban J connectivity index is 2.40. The van der Waals surface area contributed by atoms with E-state index in [1.54, 1.807) is 30.3 Å². The average Bonchev–Trinajstić information content (AvgIpc) is 2.54. The molecule has 0 amide bonds. The fourth-order valence-corrected chi connectivity index (χ4v) is 3.34. The summed E-state index contributed by atoms with van der Waals surface area (Å²) < 4.78 is 25.3. The third kappa shape index (κ3) is 3.37. The van der Waals surface area contributed by atoms with Crippen LogP contribution in [0.25, 0.3) is 0 Å². The maximum Gasteiger partial charge on any atom is 0.265 e. The number of nitrogens with zero attached hydrogens (tertiary/aromatic N) is 1. The third-order valence-electron chi connectivity index (χ3n) is 3.33. The number of hydrogen-bond acceptors (Lipinski definition) is 3. The maximum atomic E-state index is 12.5. The lowest BCUT2D eigenvalue weighted by atomic mass is 10.0. The first-order valence-corrected chi connectivity index (χ1v) is 8.19. The van der Waals surface area contributed by atoms with Crippen molar-refractivity contribution in [3.8, 4) is 12.3 Å². The first-order valence-electron chi connectivity index (χ1n) is 6.75. The minimum Gasteiger partial charge on any atom is -0.299 e. The smallest absolute Gasteiger partial charge is 0.265 e. The molecule has 0 heterocycles. The van der Waals surface area contributed by atoms with Gasteiger partial charge in [0.1, 0.15) is 0 Å². The van der Waals surface area contributed by atoms with E-state index in [9.17, 15) is 13.6 Å². The number of terminal acetylenes is 1. The SMILES string of the molecule is C#CCC(c1ccc(C)cc1)N(O)S(=O)(=O)c1ccccc1. The molecule has 114 valence electrons. The van der Waals surface area contributed by atoms with Crippen LogP contribution in [0.3, 0.4) is 0 Å². The van der Waals surface area contributed by atoms with E-state index in [0.717, 1.165) is 5.56 Å². The molecule has 0 aliphatic heterocycles. The van der Waals surface area contributed by atoms with Crippen LogP contribution in [-0.2, 0) is 10.0 Å². The normalized spacial score (nSPS) is 12.8. The van der Waals surface area contributed by atoms with Gasteiger partial charge < -0.3 is 0 Å². The molecule has 1 atom stereocenters. The number of hydroxylamine groups is 1. The van der Waals surface area contributed by atoms with Crippen LogP contribution >= 0.6 is 0 Å². The van der Waals surface area contributed by atoms with E-state index in [1.807, 2.05) is 19.1 Å². The summed E-state index contributed by atoms with van der Waals surface area (Å²) in [6.45, 7) is 1.93. The molecule has 0 radical (unpaired) electrons. The van der Waals surface area contributed by atoms with Crippen molar-refractivity contribution in [1.29, 1.82) is 0 Å². The Hall–Kier alpha value is -2.13. The van der Waals surface area contributed by atoms with E-state index in [1.165, 1.54) is 12.1 Å². The van der Waals surface area contributed by atoms with Gasteiger partial charge in [-0.3, -0.25) is 5.21 Å². The molecule has 2 aromatic carbocycles. The zero-order valence-corrected chi connectivity index (χ0v) is 13.0. The second kappa shape index (κ2) is 6.75. The van der Waals surface area contributed by atoms with Crippen molar-refractivity contribution in [3.05, 3.63) is 65.7 Å². The monoisotopic (exact) mass is 315 g/mol. The zero-order valence-electron chi connectivity index (χ0n) is 12.2. The molecule has 1 unspecified atom stereocenters. The van der Waals surface area contributed by atoms with Crippen LogP contribution in [0.4, 0.5) is 0 Å². The van der Waals surface area contributed by atoms with Gasteiger partial charge in [0, 0.05) is 6.42 Å². The molecule has 1 N–H and O–H groups in total. The lowest BCUT2D eigenvalue weighted by molar-refractivity contribution is -0.0356. The van der Waals surface area contributed by atoms with Gasteiger partial charge in [-0.25, -0.2) is 8.42 Å². The van der Waals surface area contributed by atoms with Gasteiger partial charge in [0.25, 0.3) is 10.0 Å². The highest BCUT2D eigenvalue weighted by molar-refractivity contribution is 7.89. The minimum absolute atomic E-state index is 0.0200. The van der Waals surface area contributed by atoms with Gasteiger partial charge in [0.15, 0.2) is 0 Å². The predicted octanol–water partition coefficient (Wildman–Crippen LogP) is 3.14. The average molecular weight is 315 g/mol. The van der Waals surface area contributed by atoms with Crippen LogP contribution in [0.15, 0.2) is 59.5 Å². The largest absolute Gasteiger partial charge is 0.299 e. The van der Waals surface area contributed by atoms with Crippen molar-refractivity contribution in [3.63, 3.8) is 0 Å². The Morgan fingerprint density at radius 3 is 2.27 bits per heavy atom. The summed E-state index contributed by atoms with van der Waals surface area (Å²) in [4.78, 5) is 0.0200. The summed E-state index contributed by atoms with van der Waals surface area (Å²) in [6, 6.07) is 14.2. The summed E-state index contributed by atoms with van der Waals surface area (Å²) in [5, 5.41) is 10.3. The van der Waals surface area contributed by atoms with Gasteiger partial charge in [-0.1, -0.05) is 52.5 Å². The fraction of sp³-hybridized carbons (Fsp3) is 0.176. The van der Waals surface area contributed by atoms with Gasteiger partial charge in [-0.15, -0.1) is 12.3 Å². The fourth-order valence-electron chi connectivity index (χ4n) is 2.09. The van der Waals surface area contributed by atoms with Crippen LogP contribution in [0.2, 0.25) is 0 Å². The highest BCUT2D eigenvalue weighted by Crippen LogP contribution is 2.28. The topological polar surface area (TPSA) is 57.6 Å². The van der Waals surface area contributed by atoms with Crippen molar-refractivity contribution in [2.75, 3.05) is 0 Å². The molecule has 0 aromatic heterocycles. The van der Waals surface area contributed by atoms with Gasteiger partial charge in [-0.05, 0) is 24.6 Å². The molecule has 22 heavy (non-hydrogen) atoms. The van der Waals surface area contributed by atoms with Crippen molar-refractivity contribution in [2.45, 2.75) is 24.3 Å². The number of benzene rings is 2. The summed E-state index contributed by atoms with van der Waals surface area (Å²) >= 11 is 0. The number of rotatable bonds is 5. The van der Waals surface area contributed by atoms with Crippen LogP contribution in [0, 0.1) is 19.3 Å². The van der Waals surface area contributed by atoms with Gasteiger partial charge in [0.05, 0.1) is 10.9 Å². The number of sulfonamides is 1. The first kappa shape index (κ1) is 16.2. The molecule has 2 rings (SSSR count). The van der Waals surface area contributed by atoms with Crippen LogP contribution in [0.1, 0.15) is 23.6 Å². The molecule has 2 aromatic rings. The van der Waals surface area contributed by atoms with Gasteiger partial charge >= 0.3 is 0 Å². The second-order valence-electron chi connectivity index (χ2n) is 4.93. The third-order valence-corrected chi connectivity index (χ3v) is 4.94. The summed E-state index contributed by atoms with van der Waals surface area (Å²) in [5.74, 6) is 2.42. The first-order chi connectivity index (χ1) is 10.5. The standard InChI is InChI=1S/C17H17NO3S/c1-3-7-17(15-12-10-14(2)11-13-15)18(19)22(20,21)16-8-5-4-6-9-16/h1,4-6,8-13,17,19H,7H2,2H3. The van der Waals surface area contributed by atoms with Gasteiger partial charge in [-0.2, -0.15) is 0 Å². The van der Waals surface area contributed by atoms with Crippen LogP contribution in [0.5, 0.6) is 0 Å². The summed E-state index contributed by atoms with van der Waals surface area (Å²) in [7, 11) is -4.03. The lowest BCUT2D eigenvalue weighted by Crippen LogP contribution is -2.31. The van der Waals surface area contributed by atoms with Crippen molar-refractivity contribution in [1.82, 2.24) is 4.47 Å². The minimum atomic E-state index is -4.03. The van der Waals surface area contributed by atoms with Crippen LogP contribution in [-0.4, -0.2) is 18.1 Å². The molecule has 0 aliphatic rings. The molecule has 0 spiro atoms. The Morgan fingerprint density at radius 2 is 1.73 bits per heavy atom. The van der Waals surface area contributed by atoms with Crippen molar-refractivity contribution < 1.29 is 13.6 Å². The predicted molar refractivity (Wildman–Crippen MR) is 84.6 cm³/mol. The summed E-state index contributed by atoms with van der Waals surface area (Å²) in [5.41, 5.74) is 1.68. The van der Waals surface area contributed by atoms with E-state index in [2.05, 4.69) is 5.92 Å². The Labute approximate surface area is 131 Å². The Morgan fingerprint density at radius 1 is 1.14 bits per heavy atom. The van der Waals surface area contributed by atoms with E-state index in [-0.39, 0.29) is 11.3 Å². The van der Waals surface area contributed by atoms with E-state index < -0.39 is 16.1 Å². The lowest BCUT2D eigenvalue weighted by Gasteiger charge is -2.24. The molecule has 0 fully saturated rings. The molecule has 4 nitrogen and oxygen atoms in total. The van der Waals surface area contributed by atoms with E-state index in [0.29, 0.717) is 10.0 Å². The van der Waals surface area contributed by atoms with Gasteiger partial charge in [0.2, 0.25) is 0 Å². The Kier molecular flexibility index (Phi) is 4.99. The number of hydrogen-bond donors (Lipinski definition) is 1. The van der Waals surface area contributed by atoms with Crippen LogP contribution < -0.4 is 0 Å². The molecule has 0 saturated carbocycles. The van der Waals surface area contributed by atoms with Crippen molar-refractivity contribution >= 4 is 10.0 Å². The molecule has 5 heteroatoms. The molecular formula is C17H17NO3S. The Bertz CT molecular complexity index is 762. The molecular weight excluding hydrogens is 298 g/mol. The highest BCUT2D eigenvalue weighted by atomic mass is 32.2. The summed E-state index contributed by atoms with van der Waals surface area (Å²) in [6.07, 6.45) is 5.41. The quantitative estimate of drug-likeness (QED) is 0.681. The molecule has 0 aliphatic carbocycles. The highest BCUT2D eigenvalue weighted by Gasteiger charge is 2.30. The maximum absolute atomic E-state index is 12.5. The zero-order chi connectivity index (χ0) is 16.2. The molecule has 0 bridgehead atoms. The second-order valence-corrected chi connectivity index (χ2v) is 6.72. The van der Waals surface area contributed by atoms with E-state index in [4.69, 9.17) is 6.42 Å². The van der Waals surface area contributed by atoms with Crippen molar-refractivity contribution in [2.24, 2.45) is 0 Å². The van der Waals surface area contributed by atoms with E-state index >= 15 is 0 Å².